The van der Waals surface area contributed by atoms with Gasteiger partial charge in [0.05, 0.1) is 6.04 Å². The minimum absolute atomic E-state index is 0. The van der Waals surface area contributed by atoms with E-state index < -0.39 is 0 Å². The van der Waals surface area contributed by atoms with Gasteiger partial charge in [-0.15, -0.1) is 12.4 Å². The number of carbonyl (C=O) groups is 1. The molecule has 1 aliphatic heterocycles. The normalized spacial score (nSPS) is 19.7. The van der Waals surface area contributed by atoms with Crippen LogP contribution in [0.4, 0.5) is 0 Å². The van der Waals surface area contributed by atoms with Crippen LogP contribution in [0.2, 0.25) is 0 Å². The Morgan fingerprint density at radius 2 is 2.33 bits per heavy atom. The first-order valence-electron chi connectivity index (χ1n) is 5.34. The van der Waals surface area contributed by atoms with Crippen LogP contribution >= 0.6 is 12.4 Å². The van der Waals surface area contributed by atoms with E-state index in [0.29, 0.717) is 0 Å². The number of hydrogen-bond acceptors (Lipinski definition) is 3. The highest BCUT2D eigenvalue weighted by Gasteiger charge is 2.20. The summed E-state index contributed by atoms with van der Waals surface area (Å²) in [6.45, 7) is 2.51. The molecule has 90 valence electrons. The van der Waals surface area contributed by atoms with Crippen molar-refractivity contribution in [3.63, 3.8) is 0 Å². The van der Waals surface area contributed by atoms with Crippen LogP contribution in [-0.2, 0) is 9.53 Å². The minimum atomic E-state index is 0. The molecule has 1 amide bonds. The van der Waals surface area contributed by atoms with Crippen molar-refractivity contribution in [3.05, 3.63) is 0 Å². The SMILES string of the molecule is COCCCCNC(=O)C1CCCN1.Cl. The molecule has 0 spiro atoms. The van der Waals surface area contributed by atoms with Gasteiger partial charge >= 0.3 is 0 Å². The standard InChI is InChI=1S/C10H20N2O2.ClH/c1-14-8-3-2-6-12-10(13)9-5-4-7-11-9;/h9,11H,2-8H2,1H3,(H,12,13);1H. The molecule has 0 radical (unpaired) electrons. The Hall–Kier alpha value is -0.320. The van der Waals surface area contributed by atoms with E-state index in [0.717, 1.165) is 45.4 Å². The number of nitrogens with one attached hydrogen (secondary N) is 2. The number of rotatable bonds is 6. The number of methoxy groups -OCH3 is 1. The smallest absolute Gasteiger partial charge is 0.237 e. The second kappa shape index (κ2) is 8.95. The van der Waals surface area contributed by atoms with Crippen LogP contribution in [-0.4, -0.2) is 38.8 Å². The van der Waals surface area contributed by atoms with Crippen LogP contribution < -0.4 is 10.6 Å². The fourth-order valence-electron chi connectivity index (χ4n) is 1.61. The average molecular weight is 237 g/mol. The molecule has 1 rings (SSSR count). The molecule has 1 unspecified atom stereocenters. The Labute approximate surface area is 97.5 Å². The van der Waals surface area contributed by atoms with Gasteiger partial charge in [-0.2, -0.15) is 0 Å². The highest BCUT2D eigenvalue weighted by atomic mass is 35.5. The molecule has 2 N–H and O–H groups in total. The Bertz CT molecular complexity index is 173. The summed E-state index contributed by atoms with van der Waals surface area (Å²) in [5.74, 6) is 0.153. The molecule has 1 heterocycles. The van der Waals surface area contributed by atoms with Crippen LogP contribution in [0.15, 0.2) is 0 Å². The maximum atomic E-state index is 11.5. The van der Waals surface area contributed by atoms with E-state index in [1.54, 1.807) is 7.11 Å². The third-order valence-electron chi connectivity index (χ3n) is 2.45. The Balaban J connectivity index is 0.00000196. The lowest BCUT2D eigenvalue weighted by molar-refractivity contribution is -0.122. The Kier molecular flexibility index (Phi) is 8.76. The largest absolute Gasteiger partial charge is 0.385 e. The maximum absolute atomic E-state index is 11.5. The second-order valence-electron chi connectivity index (χ2n) is 3.64. The molecular weight excluding hydrogens is 216 g/mol. The zero-order chi connectivity index (χ0) is 10.2. The van der Waals surface area contributed by atoms with Crippen molar-refractivity contribution in [2.75, 3.05) is 26.8 Å². The average Bonchev–Trinajstić information content (AvgIpc) is 2.70. The van der Waals surface area contributed by atoms with Crippen LogP contribution in [0, 0.1) is 0 Å². The minimum Gasteiger partial charge on any atom is -0.385 e. The number of halogens is 1. The Morgan fingerprint density at radius 3 is 2.93 bits per heavy atom. The van der Waals surface area contributed by atoms with Gasteiger partial charge in [-0.25, -0.2) is 0 Å². The molecule has 1 atom stereocenters. The third-order valence-corrected chi connectivity index (χ3v) is 2.45. The van der Waals surface area contributed by atoms with E-state index in [1.165, 1.54) is 0 Å². The molecule has 0 saturated carbocycles. The van der Waals surface area contributed by atoms with E-state index in [-0.39, 0.29) is 24.4 Å². The fraction of sp³-hybridized carbons (Fsp3) is 0.900. The van der Waals surface area contributed by atoms with E-state index in [4.69, 9.17) is 4.74 Å². The fourth-order valence-corrected chi connectivity index (χ4v) is 1.61. The van der Waals surface area contributed by atoms with Gasteiger partial charge in [0.25, 0.3) is 0 Å². The quantitative estimate of drug-likeness (QED) is 0.668. The summed E-state index contributed by atoms with van der Waals surface area (Å²) in [6.07, 6.45) is 4.09. The van der Waals surface area contributed by atoms with Crippen molar-refractivity contribution >= 4 is 18.3 Å². The zero-order valence-electron chi connectivity index (χ0n) is 9.25. The van der Waals surface area contributed by atoms with Crippen molar-refractivity contribution in [2.45, 2.75) is 31.7 Å². The zero-order valence-corrected chi connectivity index (χ0v) is 10.1. The summed E-state index contributed by atoms with van der Waals surface area (Å²) in [6, 6.07) is 0.0532. The van der Waals surface area contributed by atoms with E-state index >= 15 is 0 Å². The van der Waals surface area contributed by atoms with Crippen molar-refractivity contribution in [1.82, 2.24) is 10.6 Å². The number of carbonyl (C=O) groups excluding carboxylic acids is 1. The highest BCUT2D eigenvalue weighted by molar-refractivity contribution is 5.85. The number of ether oxygens (including phenoxy) is 1. The lowest BCUT2D eigenvalue weighted by Gasteiger charge is -2.10. The van der Waals surface area contributed by atoms with Gasteiger partial charge in [-0.3, -0.25) is 4.79 Å². The molecule has 1 saturated heterocycles. The lowest BCUT2D eigenvalue weighted by Crippen LogP contribution is -2.40. The van der Waals surface area contributed by atoms with Gasteiger partial charge in [-0.05, 0) is 32.2 Å². The molecule has 15 heavy (non-hydrogen) atoms. The number of hydrogen-bond donors (Lipinski definition) is 2. The topological polar surface area (TPSA) is 50.4 Å². The molecule has 0 aliphatic carbocycles. The highest BCUT2D eigenvalue weighted by Crippen LogP contribution is 2.04. The molecule has 1 fully saturated rings. The molecule has 1 aliphatic rings. The summed E-state index contributed by atoms with van der Waals surface area (Å²) in [7, 11) is 1.70. The first-order valence-corrected chi connectivity index (χ1v) is 5.34. The summed E-state index contributed by atoms with van der Waals surface area (Å²) in [5.41, 5.74) is 0. The van der Waals surface area contributed by atoms with Crippen LogP contribution in [0.1, 0.15) is 25.7 Å². The number of amides is 1. The first-order chi connectivity index (χ1) is 6.84. The van der Waals surface area contributed by atoms with Crippen molar-refractivity contribution < 1.29 is 9.53 Å². The van der Waals surface area contributed by atoms with E-state index in [1.807, 2.05) is 0 Å². The van der Waals surface area contributed by atoms with Crippen molar-refractivity contribution in [2.24, 2.45) is 0 Å². The number of unbranched alkanes of at least 4 members (excludes halogenated alkanes) is 1. The molecule has 0 aromatic carbocycles. The van der Waals surface area contributed by atoms with Gasteiger partial charge in [0.1, 0.15) is 0 Å². The predicted octanol–water partition coefficient (Wildman–Crippen LogP) is 0.703. The van der Waals surface area contributed by atoms with Crippen LogP contribution in [0.25, 0.3) is 0 Å². The lowest BCUT2D eigenvalue weighted by atomic mass is 10.2. The molecule has 0 aromatic heterocycles. The molecule has 0 aromatic rings. The van der Waals surface area contributed by atoms with Crippen LogP contribution in [0.5, 0.6) is 0 Å². The molecule has 4 nitrogen and oxygen atoms in total. The van der Waals surface area contributed by atoms with E-state index in [9.17, 15) is 4.79 Å². The summed E-state index contributed by atoms with van der Waals surface area (Å²) in [4.78, 5) is 11.5. The summed E-state index contributed by atoms with van der Waals surface area (Å²) < 4.78 is 4.92. The van der Waals surface area contributed by atoms with Gasteiger partial charge in [-0.1, -0.05) is 0 Å². The van der Waals surface area contributed by atoms with Gasteiger partial charge < -0.3 is 15.4 Å². The van der Waals surface area contributed by atoms with Crippen LogP contribution in [0.3, 0.4) is 0 Å². The molecule has 0 bridgehead atoms. The van der Waals surface area contributed by atoms with E-state index in [2.05, 4.69) is 10.6 Å². The first kappa shape index (κ1) is 14.7. The van der Waals surface area contributed by atoms with Crippen molar-refractivity contribution in [1.29, 1.82) is 0 Å². The van der Waals surface area contributed by atoms with Crippen molar-refractivity contribution in [3.8, 4) is 0 Å². The Morgan fingerprint density at radius 1 is 1.53 bits per heavy atom. The van der Waals surface area contributed by atoms with Gasteiger partial charge in [0.2, 0.25) is 5.91 Å². The summed E-state index contributed by atoms with van der Waals surface area (Å²) in [5, 5.41) is 6.10. The predicted molar refractivity (Wildman–Crippen MR) is 62.4 cm³/mol. The second-order valence-corrected chi connectivity index (χ2v) is 3.64. The van der Waals surface area contributed by atoms with Gasteiger partial charge in [0.15, 0.2) is 0 Å². The monoisotopic (exact) mass is 236 g/mol. The molecular formula is C10H21ClN2O2. The van der Waals surface area contributed by atoms with Gasteiger partial charge in [0, 0.05) is 20.3 Å². The summed E-state index contributed by atoms with van der Waals surface area (Å²) >= 11 is 0. The molecule has 5 heteroatoms. The maximum Gasteiger partial charge on any atom is 0.237 e. The third kappa shape index (κ3) is 5.97.